The van der Waals surface area contributed by atoms with Gasteiger partial charge in [0.05, 0.1) is 17.9 Å². The van der Waals surface area contributed by atoms with Crippen LogP contribution in [0.4, 0.5) is 4.79 Å². The average molecular weight is 357 g/mol. The third-order valence-corrected chi connectivity index (χ3v) is 4.98. The molecule has 1 aliphatic heterocycles. The summed E-state index contributed by atoms with van der Waals surface area (Å²) in [6.45, 7) is 8.92. The lowest BCUT2D eigenvalue weighted by Gasteiger charge is -2.16. The first-order valence-electron chi connectivity index (χ1n) is 9.37. The fourth-order valence-electron chi connectivity index (χ4n) is 3.94. The molecule has 0 unspecified atom stereocenters. The van der Waals surface area contributed by atoms with Crippen LogP contribution in [-0.2, 0) is 24.1 Å². The van der Waals surface area contributed by atoms with Gasteiger partial charge in [0.1, 0.15) is 0 Å². The van der Waals surface area contributed by atoms with Crippen LogP contribution in [0.2, 0.25) is 0 Å². The lowest BCUT2D eigenvalue weighted by molar-refractivity contribution is 0.104. The molecule has 0 spiro atoms. The second kappa shape index (κ2) is 7.44. The molecule has 3 rings (SSSR count). The molecule has 1 aromatic carbocycles. The number of carbonyl (C=O) groups is 1. The number of aryl methyl sites for hydroxylation is 3. The Balaban J connectivity index is 2.24. The van der Waals surface area contributed by atoms with Crippen LogP contribution in [0.25, 0.3) is 11.1 Å². The largest absolute Gasteiger partial charge is 0.513 e. The van der Waals surface area contributed by atoms with Crippen molar-refractivity contribution in [3.05, 3.63) is 34.5 Å². The average Bonchev–Trinajstić information content (AvgIpc) is 2.87. The molecule has 0 saturated heterocycles. The van der Waals surface area contributed by atoms with E-state index in [0.29, 0.717) is 11.3 Å². The molecule has 0 amide bonds. The Hall–Kier alpha value is -2.43. The molecule has 26 heavy (non-hydrogen) atoms. The predicted molar refractivity (Wildman–Crippen MR) is 101 cm³/mol. The molecule has 1 aliphatic rings. The second-order valence-corrected chi connectivity index (χ2v) is 6.84. The molecule has 2 heterocycles. The van der Waals surface area contributed by atoms with Gasteiger partial charge in [-0.2, -0.15) is 0 Å². The summed E-state index contributed by atoms with van der Waals surface area (Å²) in [5.74, 6) is 0.628. The summed E-state index contributed by atoms with van der Waals surface area (Å²) in [6.07, 6.45) is 2.89. The number of ether oxygens (including phenoxy) is 2. The Bertz CT molecular complexity index is 835. The van der Waals surface area contributed by atoms with E-state index in [1.165, 1.54) is 5.56 Å². The summed E-state index contributed by atoms with van der Waals surface area (Å²) in [5, 5.41) is 11.0. The zero-order valence-corrected chi connectivity index (χ0v) is 16.0. The molecule has 0 fully saturated rings. The zero-order valence-electron chi connectivity index (χ0n) is 16.0. The zero-order chi connectivity index (χ0) is 18.8. The Labute approximate surface area is 154 Å². The molecule has 0 aliphatic carbocycles. The summed E-state index contributed by atoms with van der Waals surface area (Å²) in [5.41, 5.74) is 5.82. The number of fused-ring (bicyclic) bond motifs is 1. The minimum atomic E-state index is -0.726. The van der Waals surface area contributed by atoms with E-state index < -0.39 is 6.16 Å². The minimum absolute atomic E-state index is 0.181. The summed E-state index contributed by atoms with van der Waals surface area (Å²) in [6, 6.07) is 4.23. The smallest absolute Gasteiger partial charge is 0.494 e. The SMILES string of the molecule is CCOC(=O)Oc1c(-c2c(C)cc(C)cc2CC)c(O)n2c1CCCC2. The normalized spacial score (nSPS) is 13.4. The Kier molecular flexibility index (Phi) is 5.25. The van der Waals surface area contributed by atoms with Crippen LogP contribution in [0.15, 0.2) is 12.1 Å². The van der Waals surface area contributed by atoms with Gasteiger partial charge in [0.2, 0.25) is 5.88 Å². The molecule has 0 radical (unpaired) electrons. The highest BCUT2D eigenvalue weighted by Crippen LogP contribution is 2.48. The molecule has 0 bridgehead atoms. The number of hydrogen-bond acceptors (Lipinski definition) is 4. The Morgan fingerprint density at radius 2 is 1.96 bits per heavy atom. The first-order valence-corrected chi connectivity index (χ1v) is 9.37. The Morgan fingerprint density at radius 3 is 2.65 bits per heavy atom. The van der Waals surface area contributed by atoms with E-state index in [2.05, 4.69) is 26.0 Å². The lowest BCUT2D eigenvalue weighted by atomic mass is 9.92. The van der Waals surface area contributed by atoms with Gasteiger partial charge < -0.3 is 19.1 Å². The summed E-state index contributed by atoms with van der Waals surface area (Å²) in [4.78, 5) is 12.0. The Morgan fingerprint density at radius 1 is 1.19 bits per heavy atom. The number of rotatable bonds is 4. The van der Waals surface area contributed by atoms with Crippen LogP contribution in [0, 0.1) is 13.8 Å². The van der Waals surface area contributed by atoms with Gasteiger partial charge in [0.15, 0.2) is 5.75 Å². The molecule has 0 saturated carbocycles. The van der Waals surface area contributed by atoms with Crippen LogP contribution >= 0.6 is 0 Å². The van der Waals surface area contributed by atoms with Crippen molar-refractivity contribution in [3.8, 4) is 22.8 Å². The molecule has 1 N–H and O–H groups in total. The first-order chi connectivity index (χ1) is 12.5. The van der Waals surface area contributed by atoms with Gasteiger partial charge in [0, 0.05) is 6.54 Å². The highest BCUT2D eigenvalue weighted by atomic mass is 16.7. The van der Waals surface area contributed by atoms with Crippen molar-refractivity contribution in [2.75, 3.05) is 6.61 Å². The van der Waals surface area contributed by atoms with Crippen molar-refractivity contribution < 1.29 is 19.4 Å². The third-order valence-electron chi connectivity index (χ3n) is 4.98. The van der Waals surface area contributed by atoms with Crippen molar-refractivity contribution in [3.63, 3.8) is 0 Å². The number of carbonyl (C=O) groups excluding carboxylic acids is 1. The second-order valence-electron chi connectivity index (χ2n) is 6.84. The maximum absolute atomic E-state index is 12.0. The van der Waals surface area contributed by atoms with E-state index in [1.54, 1.807) is 6.92 Å². The van der Waals surface area contributed by atoms with Crippen molar-refractivity contribution in [1.82, 2.24) is 4.57 Å². The monoisotopic (exact) mass is 357 g/mol. The van der Waals surface area contributed by atoms with E-state index in [4.69, 9.17) is 9.47 Å². The first kappa shape index (κ1) is 18.4. The van der Waals surface area contributed by atoms with Crippen LogP contribution in [0.5, 0.6) is 11.6 Å². The quantitative estimate of drug-likeness (QED) is 0.790. The molecule has 5 nitrogen and oxygen atoms in total. The summed E-state index contributed by atoms with van der Waals surface area (Å²) >= 11 is 0. The molecule has 0 atom stereocenters. The minimum Gasteiger partial charge on any atom is -0.494 e. The number of benzene rings is 1. The van der Waals surface area contributed by atoms with Gasteiger partial charge in [0.25, 0.3) is 0 Å². The van der Waals surface area contributed by atoms with E-state index in [-0.39, 0.29) is 12.5 Å². The van der Waals surface area contributed by atoms with Crippen molar-refractivity contribution in [2.24, 2.45) is 0 Å². The summed E-state index contributed by atoms with van der Waals surface area (Å²) in [7, 11) is 0. The van der Waals surface area contributed by atoms with Gasteiger partial charge >= 0.3 is 6.16 Å². The number of aromatic nitrogens is 1. The molecular formula is C21H27NO4. The molecule has 140 valence electrons. The summed E-state index contributed by atoms with van der Waals surface area (Å²) < 4.78 is 12.5. The molecular weight excluding hydrogens is 330 g/mol. The van der Waals surface area contributed by atoms with Gasteiger partial charge in [-0.15, -0.1) is 0 Å². The highest BCUT2D eigenvalue weighted by molar-refractivity contribution is 5.84. The van der Waals surface area contributed by atoms with E-state index in [1.807, 2.05) is 11.5 Å². The van der Waals surface area contributed by atoms with Crippen LogP contribution in [0.1, 0.15) is 49.1 Å². The lowest BCUT2D eigenvalue weighted by Crippen LogP contribution is -2.14. The highest BCUT2D eigenvalue weighted by Gasteiger charge is 2.30. The van der Waals surface area contributed by atoms with Gasteiger partial charge in [-0.05, 0) is 63.1 Å². The number of nitrogens with zero attached hydrogens (tertiary/aromatic N) is 1. The van der Waals surface area contributed by atoms with Crippen molar-refractivity contribution >= 4 is 6.16 Å². The van der Waals surface area contributed by atoms with Crippen LogP contribution < -0.4 is 4.74 Å². The standard InChI is InChI=1S/C21H27NO4/c1-5-15-12-13(3)11-14(4)17(15)18-19(26-21(24)25-6-2)16-9-7-8-10-22(16)20(18)23/h11-12,23H,5-10H2,1-4H3. The van der Waals surface area contributed by atoms with Crippen LogP contribution in [0.3, 0.4) is 0 Å². The van der Waals surface area contributed by atoms with Gasteiger partial charge in [-0.1, -0.05) is 24.6 Å². The van der Waals surface area contributed by atoms with E-state index in [0.717, 1.165) is 54.6 Å². The fraction of sp³-hybridized carbons (Fsp3) is 0.476. The van der Waals surface area contributed by atoms with E-state index in [9.17, 15) is 9.90 Å². The number of aromatic hydroxyl groups is 1. The maximum atomic E-state index is 12.0. The topological polar surface area (TPSA) is 60.7 Å². The molecule has 5 heteroatoms. The predicted octanol–water partition coefficient (Wildman–Crippen LogP) is 4.91. The molecule has 1 aromatic heterocycles. The number of hydrogen-bond donors (Lipinski definition) is 1. The maximum Gasteiger partial charge on any atom is 0.513 e. The van der Waals surface area contributed by atoms with Crippen molar-refractivity contribution in [1.29, 1.82) is 0 Å². The van der Waals surface area contributed by atoms with Gasteiger partial charge in [-0.25, -0.2) is 4.79 Å². The molecule has 2 aromatic rings. The van der Waals surface area contributed by atoms with Gasteiger partial charge in [-0.3, -0.25) is 0 Å². The van der Waals surface area contributed by atoms with E-state index >= 15 is 0 Å². The fourth-order valence-corrected chi connectivity index (χ4v) is 3.94. The van der Waals surface area contributed by atoms with Crippen molar-refractivity contribution in [2.45, 2.75) is 59.9 Å². The third kappa shape index (κ3) is 3.18. The van der Waals surface area contributed by atoms with Crippen LogP contribution in [-0.4, -0.2) is 22.4 Å².